The van der Waals surface area contributed by atoms with Gasteiger partial charge in [0.1, 0.15) is 4.90 Å². The Morgan fingerprint density at radius 3 is 2.45 bits per heavy atom. The first-order valence-corrected chi connectivity index (χ1v) is 9.07. The molecule has 0 atom stereocenters. The Bertz CT molecular complexity index is 624. The van der Waals surface area contributed by atoms with E-state index >= 15 is 0 Å². The molecule has 0 saturated carbocycles. The fourth-order valence-electron chi connectivity index (χ4n) is 2.46. The van der Waals surface area contributed by atoms with E-state index < -0.39 is 10.0 Å². The van der Waals surface area contributed by atoms with Crippen LogP contribution in [0, 0.1) is 13.8 Å². The molecular weight excluding hydrogens is 292 g/mol. The Hall–Kier alpha value is -0.720. The van der Waals surface area contributed by atoms with Crippen LogP contribution in [0.3, 0.4) is 0 Å². The van der Waals surface area contributed by atoms with Crippen LogP contribution < -0.4 is 5.73 Å². The second-order valence-electron chi connectivity index (χ2n) is 5.89. The fraction of sp³-hybridized carbons (Fsp3) is 0.571. The van der Waals surface area contributed by atoms with Gasteiger partial charge in [-0.05, 0) is 38.8 Å². The van der Waals surface area contributed by atoms with Crippen molar-refractivity contribution in [3.63, 3.8) is 0 Å². The lowest BCUT2D eigenvalue weighted by molar-refractivity contribution is 0.387. The SMILES string of the molecule is Cc1ccc(C)c(S(=O)(=O)N2CCSC(C)(C)C2)c1N. The van der Waals surface area contributed by atoms with Crippen LogP contribution in [0.4, 0.5) is 5.69 Å². The topological polar surface area (TPSA) is 63.4 Å². The number of thioether (sulfide) groups is 1. The minimum absolute atomic E-state index is 0.0577. The maximum absolute atomic E-state index is 12.9. The second-order valence-corrected chi connectivity index (χ2v) is 9.57. The van der Waals surface area contributed by atoms with Gasteiger partial charge in [0.05, 0.1) is 5.69 Å². The van der Waals surface area contributed by atoms with Crippen LogP contribution in [-0.4, -0.2) is 36.3 Å². The number of nitrogen functional groups attached to an aromatic ring is 1. The van der Waals surface area contributed by atoms with Gasteiger partial charge >= 0.3 is 0 Å². The van der Waals surface area contributed by atoms with E-state index in [1.807, 2.05) is 30.8 Å². The van der Waals surface area contributed by atoms with Crippen LogP contribution in [0.25, 0.3) is 0 Å². The van der Waals surface area contributed by atoms with Crippen molar-refractivity contribution in [1.82, 2.24) is 4.31 Å². The molecule has 6 heteroatoms. The van der Waals surface area contributed by atoms with Crippen molar-refractivity contribution in [2.75, 3.05) is 24.6 Å². The molecular formula is C14H22N2O2S2. The summed E-state index contributed by atoms with van der Waals surface area (Å²) in [6.07, 6.45) is 0. The summed E-state index contributed by atoms with van der Waals surface area (Å²) in [5, 5.41) is 0. The summed E-state index contributed by atoms with van der Waals surface area (Å²) in [5.41, 5.74) is 7.93. The van der Waals surface area contributed by atoms with E-state index in [1.165, 1.54) is 0 Å². The largest absolute Gasteiger partial charge is 0.397 e. The Morgan fingerprint density at radius 2 is 1.85 bits per heavy atom. The summed E-state index contributed by atoms with van der Waals surface area (Å²) < 4.78 is 27.3. The first-order valence-electron chi connectivity index (χ1n) is 6.65. The van der Waals surface area contributed by atoms with E-state index in [4.69, 9.17) is 5.73 Å². The highest BCUT2D eigenvalue weighted by Crippen LogP contribution is 2.35. The molecule has 2 rings (SSSR count). The molecule has 112 valence electrons. The summed E-state index contributed by atoms with van der Waals surface area (Å²) in [5.74, 6) is 0.816. The van der Waals surface area contributed by atoms with Crippen LogP contribution in [-0.2, 0) is 10.0 Å². The average Bonchev–Trinajstić information content (AvgIpc) is 2.33. The molecule has 0 spiro atoms. The molecule has 0 amide bonds. The van der Waals surface area contributed by atoms with Gasteiger partial charge in [0, 0.05) is 23.6 Å². The molecule has 0 radical (unpaired) electrons. The van der Waals surface area contributed by atoms with Crippen molar-refractivity contribution in [2.45, 2.75) is 37.3 Å². The van der Waals surface area contributed by atoms with Gasteiger partial charge in [0.25, 0.3) is 0 Å². The predicted octanol–water partition coefficient (Wildman–Crippen LogP) is 2.40. The minimum Gasteiger partial charge on any atom is -0.397 e. The predicted molar refractivity (Wildman–Crippen MR) is 85.6 cm³/mol. The average molecular weight is 314 g/mol. The maximum atomic E-state index is 12.9. The molecule has 1 heterocycles. The molecule has 1 saturated heterocycles. The van der Waals surface area contributed by atoms with E-state index in [1.54, 1.807) is 11.2 Å². The highest BCUT2D eigenvalue weighted by Gasteiger charge is 2.36. The maximum Gasteiger partial charge on any atom is 0.245 e. The number of nitrogens with two attached hydrogens (primary N) is 1. The number of nitrogens with zero attached hydrogens (tertiary/aromatic N) is 1. The number of anilines is 1. The van der Waals surface area contributed by atoms with Gasteiger partial charge in [0.15, 0.2) is 0 Å². The van der Waals surface area contributed by atoms with Crippen molar-refractivity contribution < 1.29 is 8.42 Å². The van der Waals surface area contributed by atoms with Gasteiger partial charge in [-0.3, -0.25) is 0 Å². The lowest BCUT2D eigenvalue weighted by Gasteiger charge is -2.37. The van der Waals surface area contributed by atoms with E-state index in [9.17, 15) is 8.42 Å². The van der Waals surface area contributed by atoms with Crippen LogP contribution in [0.15, 0.2) is 17.0 Å². The van der Waals surface area contributed by atoms with Gasteiger partial charge in [-0.1, -0.05) is 12.1 Å². The summed E-state index contributed by atoms with van der Waals surface area (Å²) in [7, 11) is -3.52. The van der Waals surface area contributed by atoms with Gasteiger partial charge in [-0.25, -0.2) is 8.42 Å². The number of benzene rings is 1. The molecule has 1 aromatic carbocycles. The van der Waals surface area contributed by atoms with Crippen molar-refractivity contribution >= 4 is 27.5 Å². The first-order chi connectivity index (χ1) is 9.15. The second kappa shape index (κ2) is 5.24. The normalized spacial score (nSPS) is 20.0. The number of aryl methyl sites for hydroxylation is 2. The minimum atomic E-state index is -3.52. The van der Waals surface area contributed by atoms with Crippen molar-refractivity contribution in [2.24, 2.45) is 0 Å². The van der Waals surface area contributed by atoms with Gasteiger partial charge in [0.2, 0.25) is 10.0 Å². The van der Waals surface area contributed by atoms with Gasteiger partial charge < -0.3 is 5.73 Å². The Balaban J connectivity index is 2.49. The quantitative estimate of drug-likeness (QED) is 0.852. The Kier molecular flexibility index (Phi) is 4.10. The molecule has 1 aliphatic heterocycles. The highest BCUT2D eigenvalue weighted by atomic mass is 32.2. The number of hydrogen-bond acceptors (Lipinski definition) is 4. The zero-order chi connectivity index (χ0) is 15.1. The number of rotatable bonds is 2. The number of sulfonamides is 1. The van der Waals surface area contributed by atoms with Crippen molar-refractivity contribution in [3.8, 4) is 0 Å². The standard InChI is InChI=1S/C14H22N2O2S2/c1-10-5-6-11(2)13(12(10)15)20(17,18)16-7-8-19-14(3,4)9-16/h5-6H,7-9,15H2,1-4H3. The van der Waals surface area contributed by atoms with Crippen LogP contribution in [0.2, 0.25) is 0 Å². The third-order valence-corrected chi connectivity index (χ3v) is 6.95. The molecule has 0 aromatic heterocycles. The molecule has 20 heavy (non-hydrogen) atoms. The van der Waals surface area contributed by atoms with Crippen LogP contribution in [0.5, 0.6) is 0 Å². The lowest BCUT2D eigenvalue weighted by Crippen LogP contribution is -2.46. The number of hydrogen-bond donors (Lipinski definition) is 1. The molecule has 0 bridgehead atoms. The first kappa shape index (κ1) is 15.7. The smallest absolute Gasteiger partial charge is 0.245 e. The van der Waals surface area contributed by atoms with Gasteiger partial charge in [-0.15, -0.1) is 0 Å². The zero-order valence-corrected chi connectivity index (χ0v) is 14.1. The van der Waals surface area contributed by atoms with Crippen molar-refractivity contribution in [1.29, 1.82) is 0 Å². The molecule has 0 aliphatic carbocycles. The molecule has 4 nitrogen and oxygen atoms in total. The van der Waals surface area contributed by atoms with Crippen LogP contribution in [0.1, 0.15) is 25.0 Å². The lowest BCUT2D eigenvalue weighted by atomic mass is 10.1. The van der Waals surface area contributed by atoms with Crippen molar-refractivity contribution in [3.05, 3.63) is 23.3 Å². The third-order valence-electron chi connectivity index (χ3n) is 3.60. The molecule has 0 unspecified atom stereocenters. The fourth-order valence-corrected chi connectivity index (χ4v) is 5.76. The van der Waals surface area contributed by atoms with E-state index in [2.05, 4.69) is 13.8 Å². The summed E-state index contributed by atoms with van der Waals surface area (Å²) in [4.78, 5) is 0.278. The zero-order valence-electron chi connectivity index (χ0n) is 12.4. The molecule has 1 fully saturated rings. The van der Waals surface area contributed by atoms with E-state index in [0.717, 1.165) is 11.3 Å². The Labute approximate surface area is 125 Å². The highest BCUT2D eigenvalue weighted by molar-refractivity contribution is 8.00. The summed E-state index contributed by atoms with van der Waals surface area (Å²) >= 11 is 1.81. The summed E-state index contributed by atoms with van der Waals surface area (Å²) in [6.45, 7) is 8.85. The molecule has 1 aromatic rings. The summed E-state index contributed by atoms with van der Waals surface area (Å²) in [6, 6.07) is 3.68. The Morgan fingerprint density at radius 1 is 1.25 bits per heavy atom. The molecule has 1 aliphatic rings. The van der Waals surface area contributed by atoms with E-state index in [0.29, 0.717) is 24.3 Å². The third kappa shape index (κ3) is 2.82. The van der Waals surface area contributed by atoms with Crippen LogP contribution >= 0.6 is 11.8 Å². The van der Waals surface area contributed by atoms with Gasteiger partial charge in [-0.2, -0.15) is 16.1 Å². The molecule has 2 N–H and O–H groups in total. The monoisotopic (exact) mass is 314 g/mol. The van der Waals surface area contributed by atoms with E-state index in [-0.39, 0.29) is 9.64 Å².